The molecule has 0 saturated carbocycles. The number of benzene rings is 1. The van der Waals surface area contributed by atoms with Crippen LogP contribution in [0.2, 0.25) is 0 Å². The predicted molar refractivity (Wildman–Crippen MR) is 45.7 cm³/mol. The number of hydrogen-bond donors (Lipinski definition) is 0. The van der Waals surface area contributed by atoms with Gasteiger partial charge >= 0.3 is 0 Å². The first-order valence-corrected chi connectivity index (χ1v) is 4.16. The average Bonchev–Trinajstić information content (AvgIpc) is 2.04. The van der Waals surface area contributed by atoms with Crippen LogP contribution in [0.3, 0.4) is 0 Å². The summed E-state index contributed by atoms with van der Waals surface area (Å²) in [6, 6.07) is 5.23. The van der Waals surface area contributed by atoms with Crippen LogP contribution in [0.25, 0.3) is 0 Å². The summed E-state index contributed by atoms with van der Waals surface area (Å²) in [5.41, 5.74) is -1.18. The minimum absolute atomic E-state index is 0.382. The Labute approximate surface area is 79.1 Å². The molecule has 0 heterocycles. The van der Waals surface area contributed by atoms with E-state index in [0.717, 1.165) is 0 Å². The van der Waals surface area contributed by atoms with Gasteiger partial charge < -0.3 is 0 Å². The summed E-state index contributed by atoms with van der Waals surface area (Å²) in [7, 11) is 0. The van der Waals surface area contributed by atoms with Crippen molar-refractivity contribution in [3.63, 3.8) is 0 Å². The summed E-state index contributed by atoms with van der Waals surface area (Å²) in [5.74, 6) is -0.382. The molecule has 1 rings (SSSR count). The third-order valence-corrected chi connectivity index (χ3v) is 2.26. The monoisotopic (exact) mass is 210 g/mol. The van der Waals surface area contributed by atoms with E-state index in [0.29, 0.717) is 5.56 Å². The Morgan fingerprint density at radius 1 is 1.08 bits per heavy atom. The zero-order valence-corrected chi connectivity index (χ0v) is 7.49. The van der Waals surface area contributed by atoms with Crippen LogP contribution in [0.5, 0.6) is 0 Å². The van der Waals surface area contributed by atoms with Gasteiger partial charge in [0.15, 0.2) is 5.63 Å². The smallest absolute Gasteiger partial charge is 0.193 e. The van der Waals surface area contributed by atoms with Crippen molar-refractivity contribution in [1.82, 2.24) is 0 Å². The fourth-order valence-electron chi connectivity index (χ4n) is 0.792. The van der Waals surface area contributed by atoms with Crippen LogP contribution < -0.4 is 0 Å². The Bertz CT molecular complexity index is 246. The van der Waals surface area contributed by atoms with Gasteiger partial charge in [-0.3, -0.25) is 0 Å². The molecule has 0 aromatic heterocycles. The molecule has 0 bridgehead atoms. The maximum Gasteiger partial charge on any atom is 0.193 e. The van der Waals surface area contributed by atoms with E-state index in [4.69, 9.17) is 23.2 Å². The summed E-state index contributed by atoms with van der Waals surface area (Å²) < 4.78 is 24.8. The molecular weight excluding hydrogens is 205 g/mol. The van der Waals surface area contributed by atoms with Gasteiger partial charge in [-0.25, -0.2) is 8.78 Å². The Morgan fingerprint density at radius 2 is 1.58 bits per heavy atom. The number of halogens is 4. The highest BCUT2D eigenvalue weighted by Crippen LogP contribution is 2.28. The zero-order chi connectivity index (χ0) is 9.14. The molecule has 66 valence electrons. The predicted octanol–water partition coefficient (Wildman–Crippen LogP) is 3.64. The lowest BCUT2D eigenvalue weighted by atomic mass is 10.1. The van der Waals surface area contributed by atoms with E-state index in [1.807, 2.05) is 0 Å². The molecule has 2 atom stereocenters. The topological polar surface area (TPSA) is 0 Å². The second-order valence-electron chi connectivity index (χ2n) is 2.29. The molecule has 0 aliphatic rings. The Balaban J connectivity index is 2.82. The lowest BCUT2D eigenvalue weighted by Gasteiger charge is -2.08. The maximum absolute atomic E-state index is 12.4. The molecule has 4 heteroatoms. The molecule has 0 radical (unpaired) electrons. The molecule has 0 spiro atoms. The SMILES string of the molecule is Fc1ccc(C(Cl)C(F)Cl)cc1. The van der Waals surface area contributed by atoms with Crippen molar-refractivity contribution in [2.45, 2.75) is 11.0 Å². The van der Waals surface area contributed by atoms with Gasteiger partial charge in [-0.15, -0.1) is 11.6 Å². The summed E-state index contributed by atoms with van der Waals surface area (Å²) in [6.07, 6.45) is 0. The quantitative estimate of drug-likeness (QED) is 0.655. The van der Waals surface area contributed by atoms with Crippen LogP contribution in [-0.4, -0.2) is 5.63 Å². The molecule has 0 amide bonds. The third kappa shape index (κ3) is 2.32. The highest BCUT2D eigenvalue weighted by molar-refractivity contribution is 6.29. The first-order chi connectivity index (χ1) is 5.61. The van der Waals surface area contributed by atoms with Crippen molar-refractivity contribution in [2.24, 2.45) is 0 Å². The zero-order valence-electron chi connectivity index (χ0n) is 5.98. The van der Waals surface area contributed by atoms with E-state index in [1.165, 1.54) is 24.3 Å². The van der Waals surface area contributed by atoms with E-state index in [9.17, 15) is 8.78 Å². The van der Waals surface area contributed by atoms with Gasteiger partial charge in [-0.1, -0.05) is 23.7 Å². The second kappa shape index (κ2) is 4.06. The van der Waals surface area contributed by atoms with Crippen molar-refractivity contribution in [2.75, 3.05) is 0 Å². The van der Waals surface area contributed by atoms with Gasteiger partial charge in [0, 0.05) is 0 Å². The summed E-state index contributed by atoms with van der Waals surface area (Å²) in [5, 5.41) is -0.924. The van der Waals surface area contributed by atoms with Crippen LogP contribution in [0, 0.1) is 5.82 Å². The molecule has 12 heavy (non-hydrogen) atoms. The molecule has 0 aliphatic carbocycles. The van der Waals surface area contributed by atoms with Crippen LogP contribution >= 0.6 is 23.2 Å². The number of alkyl halides is 3. The van der Waals surface area contributed by atoms with Crippen LogP contribution in [0.15, 0.2) is 24.3 Å². The average molecular weight is 211 g/mol. The Morgan fingerprint density at radius 3 is 2.00 bits per heavy atom. The number of hydrogen-bond acceptors (Lipinski definition) is 0. The molecule has 0 saturated heterocycles. The fourth-order valence-corrected chi connectivity index (χ4v) is 1.08. The molecule has 1 aromatic rings. The van der Waals surface area contributed by atoms with Crippen LogP contribution in [-0.2, 0) is 0 Å². The van der Waals surface area contributed by atoms with Crippen molar-refractivity contribution in [1.29, 1.82) is 0 Å². The molecule has 0 aliphatic heterocycles. The van der Waals surface area contributed by atoms with Crippen LogP contribution in [0.1, 0.15) is 10.9 Å². The second-order valence-corrected chi connectivity index (χ2v) is 3.17. The fraction of sp³-hybridized carbons (Fsp3) is 0.250. The van der Waals surface area contributed by atoms with E-state index in [-0.39, 0.29) is 5.82 Å². The molecule has 1 aromatic carbocycles. The van der Waals surface area contributed by atoms with Gasteiger partial charge in [0.25, 0.3) is 0 Å². The lowest BCUT2D eigenvalue weighted by Crippen LogP contribution is -2.00. The number of rotatable bonds is 2. The standard InChI is InChI=1S/C8H6Cl2F2/c9-7(8(10)12)5-1-3-6(11)4-2-5/h1-4,7-8H. The van der Waals surface area contributed by atoms with Crippen molar-refractivity contribution in [3.8, 4) is 0 Å². The molecular formula is C8H6Cl2F2. The van der Waals surface area contributed by atoms with Gasteiger partial charge in [-0.05, 0) is 17.7 Å². The largest absolute Gasteiger partial charge is 0.228 e. The first kappa shape index (κ1) is 9.75. The van der Waals surface area contributed by atoms with Crippen LogP contribution in [0.4, 0.5) is 8.78 Å². The first-order valence-electron chi connectivity index (χ1n) is 3.29. The van der Waals surface area contributed by atoms with Gasteiger partial charge in [0.05, 0.1) is 0 Å². The highest BCUT2D eigenvalue weighted by atomic mass is 35.5. The molecule has 0 fully saturated rings. The Kier molecular flexibility index (Phi) is 3.29. The van der Waals surface area contributed by atoms with Crippen molar-refractivity contribution < 1.29 is 8.78 Å². The summed E-state index contributed by atoms with van der Waals surface area (Å²) >= 11 is 10.7. The summed E-state index contributed by atoms with van der Waals surface area (Å²) in [4.78, 5) is 0. The molecule has 0 N–H and O–H groups in total. The van der Waals surface area contributed by atoms with E-state index < -0.39 is 11.0 Å². The normalized spacial score (nSPS) is 15.7. The van der Waals surface area contributed by atoms with Gasteiger partial charge in [0.1, 0.15) is 11.2 Å². The van der Waals surface area contributed by atoms with Gasteiger partial charge in [0.2, 0.25) is 0 Å². The van der Waals surface area contributed by atoms with E-state index in [1.54, 1.807) is 0 Å². The highest BCUT2D eigenvalue weighted by Gasteiger charge is 2.17. The lowest BCUT2D eigenvalue weighted by molar-refractivity contribution is 0.433. The maximum atomic E-state index is 12.4. The van der Waals surface area contributed by atoms with E-state index >= 15 is 0 Å². The molecule has 2 unspecified atom stereocenters. The van der Waals surface area contributed by atoms with Gasteiger partial charge in [-0.2, -0.15) is 0 Å². The third-order valence-electron chi connectivity index (χ3n) is 1.41. The van der Waals surface area contributed by atoms with Crippen molar-refractivity contribution >= 4 is 23.2 Å². The summed E-state index contributed by atoms with van der Waals surface area (Å²) in [6.45, 7) is 0. The minimum Gasteiger partial charge on any atom is -0.228 e. The Hall–Kier alpha value is -0.340. The van der Waals surface area contributed by atoms with E-state index in [2.05, 4.69) is 0 Å². The van der Waals surface area contributed by atoms with Crippen molar-refractivity contribution in [3.05, 3.63) is 35.6 Å². The molecule has 0 nitrogen and oxygen atoms in total. The minimum atomic E-state index is -1.66.